The zero-order valence-corrected chi connectivity index (χ0v) is 13.6. The van der Waals surface area contributed by atoms with Crippen molar-refractivity contribution >= 4 is 16.8 Å². The van der Waals surface area contributed by atoms with Gasteiger partial charge in [0, 0.05) is 19.2 Å². The number of amides is 1. The molecule has 3 aromatic rings. The van der Waals surface area contributed by atoms with Crippen LogP contribution in [-0.4, -0.2) is 20.4 Å². The van der Waals surface area contributed by atoms with E-state index in [2.05, 4.69) is 15.3 Å². The van der Waals surface area contributed by atoms with Crippen molar-refractivity contribution in [1.82, 2.24) is 19.9 Å². The van der Waals surface area contributed by atoms with Crippen LogP contribution in [0.4, 0.5) is 0 Å². The molecule has 25 heavy (non-hydrogen) atoms. The Morgan fingerprint density at radius 1 is 1.12 bits per heavy atom. The first kappa shape index (κ1) is 16.6. The molecule has 128 valence electrons. The van der Waals surface area contributed by atoms with Crippen molar-refractivity contribution in [3.05, 3.63) is 75.2 Å². The molecule has 1 aromatic carbocycles. The van der Waals surface area contributed by atoms with E-state index in [1.54, 1.807) is 30.5 Å². The number of pyridine rings is 1. The van der Waals surface area contributed by atoms with Gasteiger partial charge in [0.05, 0.1) is 23.1 Å². The van der Waals surface area contributed by atoms with E-state index in [1.165, 1.54) is 0 Å². The summed E-state index contributed by atoms with van der Waals surface area (Å²) in [5, 5.41) is 3.23. The molecule has 0 aliphatic heterocycles. The maximum Gasteiger partial charge on any atom is 0.328 e. The van der Waals surface area contributed by atoms with Crippen molar-refractivity contribution < 1.29 is 4.79 Å². The predicted octanol–water partition coefficient (Wildman–Crippen LogP) is 1.18. The minimum atomic E-state index is -0.461. The molecule has 2 aromatic heterocycles. The summed E-state index contributed by atoms with van der Waals surface area (Å²) in [6.45, 7) is 0.548. The molecule has 1 amide bonds. The molecule has 2 heterocycles. The smallest absolute Gasteiger partial charge is 0.328 e. The molecule has 2 N–H and O–H groups in total. The van der Waals surface area contributed by atoms with Crippen LogP contribution in [0, 0.1) is 0 Å². The van der Waals surface area contributed by atoms with E-state index in [0.29, 0.717) is 23.9 Å². The summed E-state index contributed by atoms with van der Waals surface area (Å²) in [6.07, 6.45) is 2.29. The van der Waals surface area contributed by atoms with E-state index >= 15 is 0 Å². The van der Waals surface area contributed by atoms with Crippen LogP contribution < -0.4 is 16.6 Å². The first-order valence-corrected chi connectivity index (χ1v) is 8.03. The maximum absolute atomic E-state index is 12.4. The predicted molar refractivity (Wildman–Crippen MR) is 94.1 cm³/mol. The number of hydrogen-bond donors (Lipinski definition) is 2. The molecule has 0 saturated heterocycles. The normalized spacial score (nSPS) is 10.7. The molecular formula is C18H18N4O3. The van der Waals surface area contributed by atoms with Crippen LogP contribution in [0.25, 0.3) is 10.9 Å². The molecule has 0 fully saturated rings. The molecule has 0 spiro atoms. The van der Waals surface area contributed by atoms with E-state index in [-0.39, 0.29) is 24.4 Å². The molecule has 0 atom stereocenters. The van der Waals surface area contributed by atoms with Crippen LogP contribution in [0.5, 0.6) is 0 Å². The third-order valence-corrected chi connectivity index (χ3v) is 3.87. The van der Waals surface area contributed by atoms with Gasteiger partial charge in [0.1, 0.15) is 0 Å². The lowest BCUT2D eigenvalue weighted by Crippen LogP contribution is -2.35. The van der Waals surface area contributed by atoms with Gasteiger partial charge in [-0.05, 0) is 30.7 Å². The standard InChI is InChI=1S/C18H18N4O3/c23-16(20-12-13-6-3-4-10-19-13)9-5-11-22-17(24)14-7-1-2-8-15(14)21-18(22)25/h1-4,6-8,10H,5,9,11-12H2,(H,20,23)(H,21,25). The Morgan fingerprint density at radius 3 is 2.72 bits per heavy atom. The highest BCUT2D eigenvalue weighted by Gasteiger charge is 2.08. The van der Waals surface area contributed by atoms with Crippen molar-refractivity contribution in [2.45, 2.75) is 25.9 Å². The minimum Gasteiger partial charge on any atom is -0.350 e. The Labute approximate surface area is 143 Å². The van der Waals surface area contributed by atoms with E-state index in [1.807, 2.05) is 18.2 Å². The van der Waals surface area contributed by atoms with E-state index in [9.17, 15) is 14.4 Å². The van der Waals surface area contributed by atoms with Gasteiger partial charge in [-0.25, -0.2) is 4.79 Å². The highest BCUT2D eigenvalue weighted by molar-refractivity contribution is 5.77. The zero-order valence-electron chi connectivity index (χ0n) is 13.6. The fourth-order valence-electron chi connectivity index (χ4n) is 2.58. The highest BCUT2D eigenvalue weighted by atomic mass is 16.2. The number of para-hydroxylation sites is 1. The second-order valence-corrected chi connectivity index (χ2v) is 5.63. The molecule has 7 heteroatoms. The topological polar surface area (TPSA) is 96.9 Å². The van der Waals surface area contributed by atoms with Gasteiger partial charge in [-0.2, -0.15) is 0 Å². The molecule has 0 unspecified atom stereocenters. The van der Waals surface area contributed by atoms with Crippen molar-refractivity contribution in [2.75, 3.05) is 0 Å². The summed E-state index contributed by atoms with van der Waals surface area (Å²) in [5.41, 5.74) is 0.491. The molecular weight excluding hydrogens is 320 g/mol. The second kappa shape index (κ2) is 7.57. The number of H-pyrrole nitrogens is 1. The van der Waals surface area contributed by atoms with Crippen molar-refractivity contribution in [1.29, 1.82) is 0 Å². The third kappa shape index (κ3) is 4.00. The summed E-state index contributed by atoms with van der Waals surface area (Å²) in [5.74, 6) is -0.143. The Hall–Kier alpha value is -3.22. The number of carbonyl (C=O) groups is 1. The summed E-state index contributed by atoms with van der Waals surface area (Å²) < 4.78 is 1.13. The monoisotopic (exact) mass is 338 g/mol. The Kier molecular flexibility index (Phi) is 5.03. The van der Waals surface area contributed by atoms with E-state index in [4.69, 9.17) is 0 Å². The average molecular weight is 338 g/mol. The number of rotatable bonds is 6. The van der Waals surface area contributed by atoms with Crippen LogP contribution in [0.15, 0.2) is 58.3 Å². The molecule has 0 bridgehead atoms. The SMILES string of the molecule is O=C(CCCn1c(=O)[nH]c2ccccc2c1=O)NCc1ccccn1. The number of nitrogens with one attached hydrogen (secondary N) is 2. The first-order chi connectivity index (χ1) is 12.1. The Bertz CT molecular complexity index is 992. The summed E-state index contributed by atoms with van der Waals surface area (Å²) in [7, 11) is 0. The van der Waals surface area contributed by atoms with Crippen molar-refractivity contribution in [3.63, 3.8) is 0 Å². The maximum atomic E-state index is 12.4. The largest absolute Gasteiger partial charge is 0.350 e. The van der Waals surface area contributed by atoms with Gasteiger partial charge < -0.3 is 10.3 Å². The highest BCUT2D eigenvalue weighted by Crippen LogP contribution is 2.03. The zero-order chi connectivity index (χ0) is 17.6. The average Bonchev–Trinajstić information content (AvgIpc) is 2.63. The molecule has 0 saturated carbocycles. The number of fused-ring (bicyclic) bond motifs is 1. The van der Waals surface area contributed by atoms with Crippen LogP contribution in [0.2, 0.25) is 0 Å². The third-order valence-electron chi connectivity index (χ3n) is 3.87. The molecule has 3 rings (SSSR count). The number of benzene rings is 1. The summed E-state index contributed by atoms with van der Waals surface area (Å²) in [4.78, 5) is 43.1. The Morgan fingerprint density at radius 2 is 1.92 bits per heavy atom. The lowest BCUT2D eigenvalue weighted by Gasteiger charge is -2.07. The Balaban J connectivity index is 1.59. The van der Waals surface area contributed by atoms with Gasteiger partial charge in [0.15, 0.2) is 0 Å². The number of hydrogen-bond acceptors (Lipinski definition) is 4. The quantitative estimate of drug-likeness (QED) is 0.705. The number of aromatic amines is 1. The number of nitrogens with zero attached hydrogens (tertiary/aromatic N) is 2. The van der Waals surface area contributed by atoms with E-state index in [0.717, 1.165) is 10.3 Å². The lowest BCUT2D eigenvalue weighted by atomic mass is 10.2. The lowest BCUT2D eigenvalue weighted by molar-refractivity contribution is -0.121. The van der Waals surface area contributed by atoms with E-state index < -0.39 is 5.69 Å². The first-order valence-electron chi connectivity index (χ1n) is 8.03. The minimum absolute atomic E-state index is 0.143. The molecule has 0 aliphatic rings. The second-order valence-electron chi connectivity index (χ2n) is 5.63. The summed E-state index contributed by atoms with van der Waals surface area (Å²) in [6, 6.07) is 12.4. The van der Waals surface area contributed by atoms with Gasteiger partial charge in [0.25, 0.3) is 5.56 Å². The number of aromatic nitrogens is 3. The van der Waals surface area contributed by atoms with Gasteiger partial charge >= 0.3 is 5.69 Å². The fraction of sp³-hybridized carbons (Fsp3) is 0.222. The van der Waals surface area contributed by atoms with Gasteiger partial charge in [-0.15, -0.1) is 0 Å². The van der Waals surface area contributed by atoms with Crippen LogP contribution in [-0.2, 0) is 17.9 Å². The van der Waals surface area contributed by atoms with Crippen LogP contribution in [0.1, 0.15) is 18.5 Å². The van der Waals surface area contributed by atoms with Crippen molar-refractivity contribution in [2.24, 2.45) is 0 Å². The fourth-order valence-corrected chi connectivity index (χ4v) is 2.58. The molecule has 0 radical (unpaired) electrons. The van der Waals surface area contributed by atoms with Gasteiger partial charge in [-0.3, -0.25) is 19.1 Å². The van der Waals surface area contributed by atoms with Crippen molar-refractivity contribution in [3.8, 4) is 0 Å². The van der Waals surface area contributed by atoms with Crippen LogP contribution >= 0.6 is 0 Å². The van der Waals surface area contributed by atoms with Crippen LogP contribution in [0.3, 0.4) is 0 Å². The van der Waals surface area contributed by atoms with Gasteiger partial charge in [0.2, 0.25) is 5.91 Å². The summed E-state index contributed by atoms with van der Waals surface area (Å²) >= 11 is 0. The molecule has 7 nitrogen and oxygen atoms in total. The number of carbonyl (C=O) groups excluding carboxylic acids is 1. The van der Waals surface area contributed by atoms with Gasteiger partial charge in [-0.1, -0.05) is 18.2 Å². The molecule has 0 aliphatic carbocycles.